The molecule has 7 heteroatoms. The summed E-state index contributed by atoms with van der Waals surface area (Å²) in [5, 5.41) is 9.84. The number of fused-ring (bicyclic) bond motifs is 1. The lowest BCUT2D eigenvalue weighted by Gasteiger charge is -2.41. The number of piperazine rings is 1. The van der Waals surface area contributed by atoms with Gasteiger partial charge < -0.3 is 14.3 Å². The van der Waals surface area contributed by atoms with Gasteiger partial charge in [0.15, 0.2) is 0 Å². The molecular formula is C27H30N6O. The molecule has 34 heavy (non-hydrogen) atoms. The van der Waals surface area contributed by atoms with Crippen molar-refractivity contribution in [2.45, 2.75) is 45.7 Å². The molecule has 3 heterocycles. The Labute approximate surface area is 200 Å². The van der Waals surface area contributed by atoms with E-state index in [1.165, 1.54) is 15.7 Å². The van der Waals surface area contributed by atoms with Crippen LogP contribution in [0.5, 0.6) is 0 Å². The maximum atomic E-state index is 12.9. The summed E-state index contributed by atoms with van der Waals surface area (Å²) in [7, 11) is 1.64. The highest BCUT2D eigenvalue weighted by molar-refractivity contribution is 5.92. The zero-order valence-corrected chi connectivity index (χ0v) is 20.5. The van der Waals surface area contributed by atoms with Gasteiger partial charge in [0.25, 0.3) is 11.4 Å². The average Bonchev–Trinajstić information content (AvgIpc) is 2.82. The second-order valence-electron chi connectivity index (χ2n) is 10.1. The fourth-order valence-corrected chi connectivity index (χ4v) is 4.63. The number of hydrogen-bond donors (Lipinski definition) is 0. The Hall–Kier alpha value is -3.68. The largest absolute Gasteiger partial charge is 0.364 e. The van der Waals surface area contributed by atoms with Crippen LogP contribution < -0.4 is 10.5 Å². The fourth-order valence-electron chi connectivity index (χ4n) is 4.63. The quantitative estimate of drug-likeness (QED) is 0.550. The van der Waals surface area contributed by atoms with Crippen molar-refractivity contribution in [2.75, 3.05) is 24.5 Å². The maximum Gasteiger partial charge on any atom is 0.271 e. The van der Waals surface area contributed by atoms with Crippen LogP contribution in [0.15, 0.2) is 41.2 Å². The number of pyridine rings is 2. The van der Waals surface area contributed by atoms with Gasteiger partial charge in [0.2, 0.25) is 5.52 Å². The molecule has 4 rings (SSSR count). The SMILES string of the molecule is [C-]#[N+]c1ccc2c(n1)c(N1CCN(Cc3ccc(C(C)(C)C)cc3)[C@H](C)C1)c(C#N)c(=O)n2C. The molecule has 3 aromatic rings. The van der Waals surface area contributed by atoms with Crippen molar-refractivity contribution < 1.29 is 0 Å². The van der Waals surface area contributed by atoms with E-state index in [1.807, 2.05) is 0 Å². The molecule has 174 valence electrons. The minimum absolute atomic E-state index is 0.0862. The van der Waals surface area contributed by atoms with E-state index >= 15 is 0 Å². The van der Waals surface area contributed by atoms with E-state index < -0.39 is 0 Å². The highest BCUT2D eigenvalue weighted by Gasteiger charge is 2.30. The van der Waals surface area contributed by atoms with Gasteiger partial charge >= 0.3 is 0 Å². The summed E-state index contributed by atoms with van der Waals surface area (Å²) in [6, 6.07) is 14.5. The van der Waals surface area contributed by atoms with Gasteiger partial charge in [-0.2, -0.15) is 5.26 Å². The number of aryl methyl sites for hydroxylation is 1. The zero-order valence-electron chi connectivity index (χ0n) is 20.5. The third-order valence-electron chi connectivity index (χ3n) is 6.71. The lowest BCUT2D eigenvalue weighted by Crippen LogP contribution is -2.52. The first-order valence-corrected chi connectivity index (χ1v) is 11.5. The van der Waals surface area contributed by atoms with Crippen LogP contribution in [0.25, 0.3) is 15.9 Å². The van der Waals surface area contributed by atoms with Gasteiger partial charge in [0, 0.05) is 39.3 Å². The van der Waals surface area contributed by atoms with Crippen molar-refractivity contribution in [3.05, 3.63) is 74.9 Å². The highest BCUT2D eigenvalue weighted by atomic mass is 16.1. The lowest BCUT2D eigenvalue weighted by molar-refractivity contribution is 0.181. The normalized spacial score (nSPS) is 16.9. The molecule has 0 radical (unpaired) electrons. The minimum Gasteiger partial charge on any atom is -0.364 e. The molecule has 2 aromatic heterocycles. The Morgan fingerprint density at radius 3 is 2.47 bits per heavy atom. The topological polar surface area (TPSA) is 69.5 Å². The van der Waals surface area contributed by atoms with Gasteiger partial charge in [-0.1, -0.05) is 51.6 Å². The molecule has 0 aliphatic carbocycles. The number of hydrogen-bond acceptors (Lipinski definition) is 5. The first-order chi connectivity index (χ1) is 16.1. The molecular weight excluding hydrogens is 424 g/mol. The van der Waals surface area contributed by atoms with Gasteiger partial charge in [-0.3, -0.25) is 9.69 Å². The molecule has 1 saturated heterocycles. The van der Waals surface area contributed by atoms with E-state index in [4.69, 9.17) is 6.57 Å². The third-order valence-corrected chi connectivity index (χ3v) is 6.71. The second kappa shape index (κ2) is 8.93. The first-order valence-electron chi connectivity index (χ1n) is 11.5. The molecule has 0 amide bonds. The van der Waals surface area contributed by atoms with Crippen LogP contribution in [0, 0.1) is 17.9 Å². The standard InChI is InChI=1S/C27H30N6O/c1-18-16-33(14-13-32(18)17-19-7-9-20(10-8-19)27(2,3)4)25-21(15-28)26(34)31(6)22-11-12-23(29-5)30-24(22)25/h7-12,18H,13-14,16-17H2,1-4,6H3/t18-/m1/s1. The molecule has 0 unspecified atom stereocenters. The molecule has 0 saturated carbocycles. The Balaban J connectivity index is 1.63. The Bertz CT molecular complexity index is 1370. The first kappa shape index (κ1) is 23.5. The number of anilines is 1. The number of nitrogens with zero attached hydrogens (tertiary/aromatic N) is 6. The van der Waals surface area contributed by atoms with E-state index in [9.17, 15) is 10.1 Å². The predicted molar refractivity (Wildman–Crippen MR) is 135 cm³/mol. The van der Waals surface area contributed by atoms with E-state index in [1.54, 1.807) is 19.2 Å². The summed E-state index contributed by atoms with van der Waals surface area (Å²) in [5.74, 6) is 0.252. The number of aromatic nitrogens is 2. The molecule has 1 aliphatic rings. The molecule has 1 atom stereocenters. The van der Waals surface area contributed by atoms with Crippen LogP contribution in [0.4, 0.5) is 11.5 Å². The molecule has 1 aromatic carbocycles. The summed E-state index contributed by atoms with van der Waals surface area (Å²) in [4.78, 5) is 25.4. The van der Waals surface area contributed by atoms with Gasteiger partial charge in [-0.05, 0) is 35.6 Å². The second-order valence-corrected chi connectivity index (χ2v) is 10.1. The molecule has 0 N–H and O–H groups in total. The third kappa shape index (κ3) is 4.27. The number of benzene rings is 1. The summed E-state index contributed by atoms with van der Waals surface area (Å²) >= 11 is 0. The molecule has 7 nitrogen and oxygen atoms in total. The molecule has 1 fully saturated rings. The zero-order chi connectivity index (χ0) is 24.6. The van der Waals surface area contributed by atoms with E-state index in [0.29, 0.717) is 29.8 Å². The van der Waals surface area contributed by atoms with Crippen molar-refractivity contribution in [3.8, 4) is 6.07 Å². The van der Waals surface area contributed by atoms with Gasteiger partial charge in [-0.15, -0.1) is 4.98 Å². The minimum atomic E-state index is -0.337. The van der Waals surface area contributed by atoms with Crippen LogP contribution in [0.1, 0.15) is 44.4 Å². The molecule has 0 spiro atoms. The van der Waals surface area contributed by atoms with Crippen LogP contribution >= 0.6 is 0 Å². The van der Waals surface area contributed by atoms with E-state index in [2.05, 4.69) is 77.7 Å². The molecule has 1 aliphatic heterocycles. The Kier molecular flexibility index (Phi) is 6.17. The molecule has 0 bridgehead atoms. The van der Waals surface area contributed by atoms with Crippen molar-refractivity contribution in [1.29, 1.82) is 5.26 Å². The van der Waals surface area contributed by atoms with E-state index in [-0.39, 0.29) is 28.4 Å². The summed E-state index contributed by atoms with van der Waals surface area (Å²) < 4.78 is 1.44. The van der Waals surface area contributed by atoms with Crippen LogP contribution in [0.3, 0.4) is 0 Å². The fraction of sp³-hybridized carbons (Fsp3) is 0.407. The highest BCUT2D eigenvalue weighted by Crippen LogP contribution is 2.31. The average molecular weight is 455 g/mol. The summed E-state index contributed by atoms with van der Waals surface area (Å²) in [6.07, 6.45) is 0. The smallest absolute Gasteiger partial charge is 0.271 e. The Morgan fingerprint density at radius 1 is 1.18 bits per heavy atom. The van der Waals surface area contributed by atoms with Crippen LogP contribution in [-0.4, -0.2) is 40.1 Å². The van der Waals surface area contributed by atoms with Crippen molar-refractivity contribution >= 4 is 22.5 Å². The lowest BCUT2D eigenvalue weighted by atomic mass is 9.86. The van der Waals surface area contributed by atoms with Crippen molar-refractivity contribution in [3.63, 3.8) is 0 Å². The number of rotatable bonds is 3. The van der Waals surface area contributed by atoms with E-state index in [0.717, 1.165) is 13.1 Å². The van der Waals surface area contributed by atoms with Crippen LogP contribution in [0.2, 0.25) is 0 Å². The predicted octanol–water partition coefficient (Wildman–Crippen LogP) is 4.36. The Morgan fingerprint density at radius 2 is 1.88 bits per heavy atom. The van der Waals surface area contributed by atoms with Gasteiger partial charge in [-0.25, -0.2) is 0 Å². The monoisotopic (exact) mass is 454 g/mol. The van der Waals surface area contributed by atoms with Crippen molar-refractivity contribution in [1.82, 2.24) is 14.5 Å². The van der Waals surface area contributed by atoms with Gasteiger partial charge in [0.1, 0.15) is 17.3 Å². The van der Waals surface area contributed by atoms with Gasteiger partial charge in [0.05, 0.1) is 5.52 Å². The maximum absolute atomic E-state index is 12.9. The summed E-state index contributed by atoms with van der Waals surface area (Å²) in [5.41, 5.74) is 4.18. The summed E-state index contributed by atoms with van der Waals surface area (Å²) in [6.45, 7) is 19.2. The number of nitriles is 1. The van der Waals surface area contributed by atoms with Crippen molar-refractivity contribution in [2.24, 2.45) is 7.05 Å². The van der Waals surface area contributed by atoms with Crippen LogP contribution in [-0.2, 0) is 19.0 Å².